The van der Waals surface area contributed by atoms with E-state index in [0.29, 0.717) is 12.1 Å². The summed E-state index contributed by atoms with van der Waals surface area (Å²) in [5, 5.41) is 0. The summed E-state index contributed by atoms with van der Waals surface area (Å²) in [5.74, 6) is -0.487. The van der Waals surface area contributed by atoms with Gasteiger partial charge in [0.25, 0.3) is 5.91 Å². The third kappa shape index (κ3) is 2.85. The second kappa shape index (κ2) is 5.41. The van der Waals surface area contributed by atoms with E-state index >= 15 is 0 Å². The molecule has 1 heterocycles. The van der Waals surface area contributed by atoms with Gasteiger partial charge in [0.15, 0.2) is 0 Å². The van der Waals surface area contributed by atoms with Crippen LogP contribution < -0.4 is 0 Å². The Morgan fingerprint density at radius 1 is 1.25 bits per heavy atom. The molecule has 0 bridgehead atoms. The number of hydrogen-bond acceptors (Lipinski definition) is 2. The smallest absolute Gasteiger partial charge is 0.254 e. The zero-order valence-electron chi connectivity index (χ0n) is 11.0. The Labute approximate surface area is 117 Å². The highest BCUT2D eigenvalue weighted by atomic mass is 19.1. The molecule has 0 aliphatic heterocycles. The number of aromatic nitrogens is 1. The first-order valence-corrected chi connectivity index (χ1v) is 6.69. The van der Waals surface area contributed by atoms with Gasteiger partial charge in [-0.1, -0.05) is 6.07 Å². The van der Waals surface area contributed by atoms with Crippen LogP contribution >= 0.6 is 0 Å². The van der Waals surface area contributed by atoms with Gasteiger partial charge in [-0.05, 0) is 48.7 Å². The first-order valence-electron chi connectivity index (χ1n) is 6.69. The number of carbonyl (C=O) groups is 1. The van der Waals surface area contributed by atoms with Crippen LogP contribution in [0.2, 0.25) is 0 Å². The summed E-state index contributed by atoms with van der Waals surface area (Å²) in [4.78, 5) is 18.3. The molecule has 0 radical (unpaired) electrons. The van der Waals surface area contributed by atoms with Crippen LogP contribution in [0.25, 0.3) is 0 Å². The van der Waals surface area contributed by atoms with Crippen LogP contribution in [0.4, 0.5) is 4.39 Å². The lowest BCUT2D eigenvalue weighted by Crippen LogP contribution is -2.32. The van der Waals surface area contributed by atoms with Gasteiger partial charge in [0.1, 0.15) is 5.82 Å². The fourth-order valence-electron chi connectivity index (χ4n) is 2.23. The predicted molar refractivity (Wildman–Crippen MR) is 73.5 cm³/mol. The maximum absolute atomic E-state index is 13.3. The van der Waals surface area contributed by atoms with Gasteiger partial charge in [0.05, 0.1) is 0 Å². The van der Waals surface area contributed by atoms with E-state index in [-0.39, 0.29) is 17.8 Å². The molecule has 3 nitrogen and oxygen atoms in total. The summed E-state index contributed by atoms with van der Waals surface area (Å²) in [6, 6.07) is 9.94. The molecule has 1 saturated carbocycles. The van der Waals surface area contributed by atoms with Crippen molar-refractivity contribution in [1.82, 2.24) is 9.88 Å². The van der Waals surface area contributed by atoms with Gasteiger partial charge in [0.2, 0.25) is 0 Å². The monoisotopic (exact) mass is 270 g/mol. The third-order valence-corrected chi connectivity index (χ3v) is 3.42. The van der Waals surface area contributed by atoms with Crippen molar-refractivity contribution in [2.24, 2.45) is 0 Å². The number of amides is 1. The number of pyridine rings is 1. The number of halogens is 1. The Kier molecular flexibility index (Phi) is 3.46. The molecule has 1 fully saturated rings. The normalized spacial score (nSPS) is 14.1. The van der Waals surface area contributed by atoms with Crippen LogP contribution in [0, 0.1) is 5.82 Å². The van der Waals surface area contributed by atoms with Gasteiger partial charge in [-0.3, -0.25) is 9.78 Å². The van der Waals surface area contributed by atoms with E-state index in [9.17, 15) is 9.18 Å². The number of benzene rings is 1. The lowest BCUT2D eigenvalue weighted by molar-refractivity contribution is 0.0729. The first kappa shape index (κ1) is 12.8. The Hall–Kier alpha value is -2.23. The molecule has 0 atom stereocenters. The summed E-state index contributed by atoms with van der Waals surface area (Å²) in [5.41, 5.74) is 1.45. The number of carbonyl (C=O) groups excluding carboxylic acids is 1. The van der Waals surface area contributed by atoms with Crippen molar-refractivity contribution in [1.29, 1.82) is 0 Å². The largest absolute Gasteiger partial charge is 0.331 e. The zero-order chi connectivity index (χ0) is 13.9. The van der Waals surface area contributed by atoms with Crippen LogP contribution in [0.1, 0.15) is 28.8 Å². The van der Waals surface area contributed by atoms with E-state index in [1.165, 1.54) is 12.1 Å². The minimum atomic E-state index is -0.379. The molecule has 1 aromatic heterocycles. The fourth-order valence-corrected chi connectivity index (χ4v) is 2.23. The van der Waals surface area contributed by atoms with Crippen molar-refractivity contribution in [3.63, 3.8) is 0 Å². The molecule has 2 aromatic rings. The second-order valence-corrected chi connectivity index (χ2v) is 5.03. The molecule has 1 aliphatic rings. The van der Waals surface area contributed by atoms with Gasteiger partial charge in [-0.25, -0.2) is 4.39 Å². The first-order chi connectivity index (χ1) is 9.74. The van der Waals surface area contributed by atoms with Crippen LogP contribution in [0.3, 0.4) is 0 Å². The summed E-state index contributed by atoms with van der Waals surface area (Å²) in [7, 11) is 0. The van der Waals surface area contributed by atoms with Crippen molar-refractivity contribution in [3.05, 3.63) is 65.7 Å². The highest BCUT2D eigenvalue weighted by Gasteiger charge is 2.33. The molecular formula is C16H15FN2O. The molecule has 4 heteroatoms. The van der Waals surface area contributed by atoms with Gasteiger partial charge < -0.3 is 4.90 Å². The Morgan fingerprint density at radius 3 is 2.65 bits per heavy atom. The standard InChI is InChI=1S/C16H15FN2O/c17-14-3-1-2-13(10-14)16(20)19(15-4-5-15)11-12-6-8-18-9-7-12/h1-3,6-10,15H,4-5,11H2. The molecule has 0 spiro atoms. The molecule has 3 rings (SSSR count). The number of rotatable bonds is 4. The van der Waals surface area contributed by atoms with Crippen LogP contribution in [0.15, 0.2) is 48.8 Å². The van der Waals surface area contributed by atoms with E-state index in [1.807, 2.05) is 17.0 Å². The summed E-state index contributed by atoms with van der Waals surface area (Å²) in [6.45, 7) is 0.544. The molecule has 0 saturated heterocycles. The van der Waals surface area contributed by atoms with E-state index in [4.69, 9.17) is 0 Å². The molecular weight excluding hydrogens is 255 g/mol. The van der Waals surface area contributed by atoms with Crippen molar-refractivity contribution in [3.8, 4) is 0 Å². The maximum Gasteiger partial charge on any atom is 0.254 e. The Bertz CT molecular complexity index is 611. The maximum atomic E-state index is 13.3. The molecule has 1 aliphatic carbocycles. The van der Waals surface area contributed by atoms with E-state index in [0.717, 1.165) is 18.4 Å². The van der Waals surface area contributed by atoms with Gasteiger partial charge in [-0.2, -0.15) is 0 Å². The number of hydrogen-bond donors (Lipinski definition) is 0. The minimum Gasteiger partial charge on any atom is -0.331 e. The second-order valence-electron chi connectivity index (χ2n) is 5.03. The highest BCUT2D eigenvalue weighted by Crippen LogP contribution is 2.29. The SMILES string of the molecule is O=C(c1cccc(F)c1)N(Cc1ccncc1)C1CC1. The predicted octanol–water partition coefficient (Wildman–Crippen LogP) is 3.03. The molecule has 1 amide bonds. The average Bonchev–Trinajstić information content (AvgIpc) is 3.30. The van der Waals surface area contributed by atoms with Crippen LogP contribution in [-0.4, -0.2) is 21.8 Å². The van der Waals surface area contributed by atoms with Crippen molar-refractivity contribution >= 4 is 5.91 Å². The highest BCUT2D eigenvalue weighted by molar-refractivity contribution is 5.94. The molecule has 1 aromatic carbocycles. The van der Waals surface area contributed by atoms with E-state index < -0.39 is 0 Å². The topological polar surface area (TPSA) is 33.2 Å². The molecule has 20 heavy (non-hydrogen) atoms. The van der Waals surface area contributed by atoms with Gasteiger partial charge in [0, 0.05) is 30.5 Å². The third-order valence-electron chi connectivity index (χ3n) is 3.42. The Morgan fingerprint density at radius 2 is 2.00 bits per heavy atom. The lowest BCUT2D eigenvalue weighted by atomic mass is 10.1. The van der Waals surface area contributed by atoms with Crippen LogP contribution in [-0.2, 0) is 6.54 Å². The summed E-state index contributed by atoms with van der Waals surface area (Å²) in [6.07, 6.45) is 5.47. The Balaban J connectivity index is 1.82. The molecule has 102 valence electrons. The molecule has 0 unspecified atom stereocenters. The van der Waals surface area contributed by atoms with E-state index in [2.05, 4.69) is 4.98 Å². The number of nitrogens with zero attached hydrogens (tertiary/aromatic N) is 2. The van der Waals surface area contributed by atoms with Crippen LogP contribution in [0.5, 0.6) is 0 Å². The van der Waals surface area contributed by atoms with Gasteiger partial charge in [-0.15, -0.1) is 0 Å². The van der Waals surface area contributed by atoms with Crippen molar-refractivity contribution in [2.45, 2.75) is 25.4 Å². The average molecular weight is 270 g/mol. The summed E-state index contributed by atoms with van der Waals surface area (Å²) >= 11 is 0. The lowest BCUT2D eigenvalue weighted by Gasteiger charge is -2.22. The van der Waals surface area contributed by atoms with E-state index in [1.54, 1.807) is 24.5 Å². The van der Waals surface area contributed by atoms with Crippen molar-refractivity contribution in [2.75, 3.05) is 0 Å². The minimum absolute atomic E-state index is 0.108. The van der Waals surface area contributed by atoms with Gasteiger partial charge >= 0.3 is 0 Å². The van der Waals surface area contributed by atoms with Crippen molar-refractivity contribution < 1.29 is 9.18 Å². The summed E-state index contributed by atoms with van der Waals surface area (Å²) < 4.78 is 13.3. The zero-order valence-corrected chi connectivity index (χ0v) is 11.0. The quantitative estimate of drug-likeness (QED) is 0.855. The molecule has 0 N–H and O–H groups in total. The fraction of sp³-hybridized carbons (Fsp3) is 0.250.